The van der Waals surface area contributed by atoms with E-state index in [0.717, 1.165) is 18.9 Å². The summed E-state index contributed by atoms with van der Waals surface area (Å²) in [5, 5.41) is 0. The van der Waals surface area contributed by atoms with E-state index in [1.54, 1.807) is 0 Å². The van der Waals surface area contributed by atoms with Gasteiger partial charge in [0, 0.05) is 8.07 Å². The average Bonchev–Trinajstić information content (AvgIpc) is 2.26. The Kier molecular flexibility index (Phi) is 6.56. The maximum atomic E-state index is 11.8. The summed E-state index contributed by atoms with van der Waals surface area (Å²) in [7, 11) is -1.15. The first-order chi connectivity index (χ1) is 9.19. The minimum atomic E-state index is -1.15. The molecule has 0 spiro atoms. The number of carbonyl (C=O) groups excluding carboxylic acids is 1. The summed E-state index contributed by atoms with van der Waals surface area (Å²) in [6.07, 6.45) is 2.96. The van der Waals surface area contributed by atoms with Crippen molar-refractivity contribution in [2.24, 2.45) is 17.8 Å². The van der Waals surface area contributed by atoms with Crippen molar-refractivity contribution < 1.29 is 14.3 Å². The second-order valence-electron chi connectivity index (χ2n) is 7.89. The first kappa shape index (κ1) is 17.5. The van der Waals surface area contributed by atoms with Gasteiger partial charge >= 0.3 is 6.16 Å². The number of hydrogen-bond acceptors (Lipinski definition) is 3. The van der Waals surface area contributed by atoms with Gasteiger partial charge in [0.2, 0.25) is 0 Å². The lowest BCUT2D eigenvalue weighted by molar-refractivity contribution is -0.0303. The van der Waals surface area contributed by atoms with E-state index in [-0.39, 0.29) is 6.10 Å². The maximum Gasteiger partial charge on any atom is 0.508 e. The zero-order valence-electron chi connectivity index (χ0n) is 14.1. The summed E-state index contributed by atoms with van der Waals surface area (Å²) >= 11 is 0. The molecule has 0 aromatic heterocycles. The largest absolute Gasteiger partial charge is 0.508 e. The van der Waals surface area contributed by atoms with E-state index in [4.69, 9.17) is 9.47 Å². The molecule has 0 heterocycles. The molecule has 4 heteroatoms. The van der Waals surface area contributed by atoms with Crippen LogP contribution < -0.4 is 0 Å². The van der Waals surface area contributed by atoms with Gasteiger partial charge < -0.3 is 9.47 Å². The van der Waals surface area contributed by atoms with E-state index in [2.05, 4.69) is 40.4 Å². The summed E-state index contributed by atoms with van der Waals surface area (Å²) in [5.74, 6) is 1.68. The van der Waals surface area contributed by atoms with Crippen molar-refractivity contribution in [1.29, 1.82) is 0 Å². The third kappa shape index (κ3) is 6.29. The maximum absolute atomic E-state index is 11.8. The van der Waals surface area contributed by atoms with Crippen LogP contribution in [0.2, 0.25) is 25.7 Å². The minimum absolute atomic E-state index is 0.0399. The molecular weight excluding hydrogens is 268 g/mol. The molecule has 1 aliphatic carbocycles. The summed E-state index contributed by atoms with van der Waals surface area (Å²) in [6.45, 7) is 14.0. The fraction of sp³-hybridized carbons (Fsp3) is 0.938. The smallest absolute Gasteiger partial charge is 0.435 e. The van der Waals surface area contributed by atoms with Crippen molar-refractivity contribution in [1.82, 2.24) is 0 Å². The molecule has 1 rings (SSSR count). The van der Waals surface area contributed by atoms with Crippen molar-refractivity contribution in [2.45, 2.75) is 71.8 Å². The van der Waals surface area contributed by atoms with Gasteiger partial charge in [0.1, 0.15) is 6.10 Å². The molecule has 1 saturated carbocycles. The topological polar surface area (TPSA) is 35.5 Å². The van der Waals surface area contributed by atoms with Crippen LogP contribution in [0.4, 0.5) is 4.79 Å². The molecule has 3 atom stereocenters. The van der Waals surface area contributed by atoms with E-state index < -0.39 is 14.2 Å². The predicted molar refractivity (Wildman–Crippen MR) is 85.7 cm³/mol. The van der Waals surface area contributed by atoms with Crippen LogP contribution in [-0.4, -0.2) is 26.9 Å². The van der Waals surface area contributed by atoms with Gasteiger partial charge in [0.05, 0.1) is 6.61 Å². The van der Waals surface area contributed by atoms with Gasteiger partial charge in [-0.1, -0.05) is 46.8 Å². The fourth-order valence-corrected chi connectivity index (χ4v) is 3.56. The van der Waals surface area contributed by atoms with E-state index >= 15 is 0 Å². The molecule has 0 bridgehead atoms. The van der Waals surface area contributed by atoms with Crippen molar-refractivity contribution >= 4 is 14.2 Å². The summed E-state index contributed by atoms with van der Waals surface area (Å²) < 4.78 is 10.9. The third-order valence-electron chi connectivity index (χ3n) is 4.28. The summed E-state index contributed by atoms with van der Waals surface area (Å²) in [6, 6.07) is 0.997. The normalized spacial score (nSPS) is 27.4. The molecular formula is C16H32O3Si. The lowest BCUT2D eigenvalue weighted by Gasteiger charge is -2.36. The Morgan fingerprint density at radius 2 is 1.90 bits per heavy atom. The van der Waals surface area contributed by atoms with Crippen LogP contribution in [0.1, 0.15) is 40.0 Å². The minimum Gasteiger partial charge on any atom is -0.435 e. The number of ether oxygens (including phenoxy) is 2. The quantitative estimate of drug-likeness (QED) is 0.533. The Bertz CT molecular complexity index is 309. The van der Waals surface area contributed by atoms with Crippen LogP contribution in [0.25, 0.3) is 0 Å². The predicted octanol–water partition coefficient (Wildman–Crippen LogP) is 4.94. The molecule has 0 unspecified atom stereocenters. The van der Waals surface area contributed by atoms with Crippen LogP contribution in [-0.2, 0) is 9.47 Å². The van der Waals surface area contributed by atoms with Gasteiger partial charge in [-0.25, -0.2) is 4.79 Å². The molecule has 0 aromatic carbocycles. The standard InChI is InChI=1S/C16H32O3Si/c1-12(2)14-8-7-13(3)11-15(14)19-16(17)18-9-10-20(4,5)6/h12-15H,7-11H2,1-6H3/t13-,14+,15-/m0/s1. The monoisotopic (exact) mass is 300 g/mol. The van der Waals surface area contributed by atoms with Crippen molar-refractivity contribution in [3.8, 4) is 0 Å². The molecule has 1 fully saturated rings. The van der Waals surface area contributed by atoms with Crippen LogP contribution in [0.15, 0.2) is 0 Å². The van der Waals surface area contributed by atoms with Gasteiger partial charge in [0.15, 0.2) is 0 Å². The Morgan fingerprint density at radius 1 is 1.25 bits per heavy atom. The number of carbonyl (C=O) groups is 1. The molecule has 0 radical (unpaired) electrons. The van der Waals surface area contributed by atoms with Crippen molar-refractivity contribution in [2.75, 3.05) is 6.61 Å². The SMILES string of the molecule is CC(C)[C@H]1CC[C@H](C)C[C@@H]1OC(=O)OCC[Si](C)(C)C. The molecule has 20 heavy (non-hydrogen) atoms. The highest BCUT2D eigenvalue weighted by molar-refractivity contribution is 6.76. The van der Waals surface area contributed by atoms with Gasteiger partial charge in [0.25, 0.3) is 0 Å². The number of rotatable bonds is 5. The van der Waals surface area contributed by atoms with E-state index in [1.165, 1.54) is 6.42 Å². The lowest BCUT2D eigenvalue weighted by atomic mass is 9.75. The first-order valence-electron chi connectivity index (χ1n) is 8.02. The fourth-order valence-electron chi connectivity index (χ4n) is 2.85. The summed E-state index contributed by atoms with van der Waals surface area (Å²) in [5.41, 5.74) is 0. The average molecular weight is 301 g/mol. The van der Waals surface area contributed by atoms with Crippen molar-refractivity contribution in [3.63, 3.8) is 0 Å². The Balaban J connectivity index is 2.41. The Hall–Kier alpha value is -0.513. The molecule has 0 N–H and O–H groups in total. The number of hydrogen-bond donors (Lipinski definition) is 0. The van der Waals surface area contributed by atoms with Crippen LogP contribution in [0, 0.1) is 17.8 Å². The molecule has 0 aliphatic heterocycles. The van der Waals surface area contributed by atoms with Crippen LogP contribution in [0.5, 0.6) is 0 Å². The molecule has 118 valence electrons. The summed E-state index contributed by atoms with van der Waals surface area (Å²) in [4.78, 5) is 11.8. The zero-order chi connectivity index (χ0) is 15.3. The molecule has 1 aliphatic rings. The molecule has 0 amide bonds. The third-order valence-corrected chi connectivity index (χ3v) is 5.99. The van der Waals surface area contributed by atoms with Gasteiger partial charge in [-0.2, -0.15) is 0 Å². The van der Waals surface area contributed by atoms with E-state index in [1.807, 2.05) is 0 Å². The lowest BCUT2D eigenvalue weighted by Crippen LogP contribution is -2.36. The van der Waals surface area contributed by atoms with Gasteiger partial charge in [-0.15, -0.1) is 0 Å². The first-order valence-corrected chi connectivity index (χ1v) is 11.7. The Labute approximate surface area is 125 Å². The second kappa shape index (κ2) is 7.48. The molecule has 3 nitrogen and oxygen atoms in total. The second-order valence-corrected chi connectivity index (χ2v) is 13.5. The van der Waals surface area contributed by atoms with Gasteiger partial charge in [-0.3, -0.25) is 0 Å². The van der Waals surface area contributed by atoms with Gasteiger partial charge in [-0.05, 0) is 36.6 Å². The van der Waals surface area contributed by atoms with Crippen molar-refractivity contribution in [3.05, 3.63) is 0 Å². The van der Waals surface area contributed by atoms with E-state index in [9.17, 15) is 4.79 Å². The van der Waals surface area contributed by atoms with Crippen LogP contribution in [0.3, 0.4) is 0 Å². The Morgan fingerprint density at radius 3 is 2.45 bits per heavy atom. The highest BCUT2D eigenvalue weighted by Gasteiger charge is 2.33. The van der Waals surface area contributed by atoms with E-state index in [0.29, 0.717) is 24.4 Å². The van der Waals surface area contributed by atoms with Crippen LogP contribution >= 0.6 is 0 Å². The molecule has 0 saturated heterocycles. The highest BCUT2D eigenvalue weighted by atomic mass is 28.3. The highest BCUT2D eigenvalue weighted by Crippen LogP contribution is 2.35. The molecule has 0 aromatic rings. The zero-order valence-corrected chi connectivity index (χ0v) is 15.1.